The van der Waals surface area contributed by atoms with Gasteiger partial charge >= 0.3 is 0 Å². The van der Waals surface area contributed by atoms with Gasteiger partial charge in [-0.15, -0.1) is 11.8 Å². The van der Waals surface area contributed by atoms with Crippen molar-refractivity contribution in [1.82, 2.24) is 5.32 Å². The maximum absolute atomic E-state index is 6.18. The predicted octanol–water partition coefficient (Wildman–Crippen LogP) is 4.74. The first kappa shape index (κ1) is 14.2. The van der Waals surface area contributed by atoms with E-state index in [-0.39, 0.29) is 0 Å². The Morgan fingerprint density at radius 2 is 2.00 bits per heavy atom. The molecule has 18 heavy (non-hydrogen) atoms. The number of hydrogen-bond donors (Lipinski definition) is 1. The van der Waals surface area contributed by atoms with Gasteiger partial charge in [-0.05, 0) is 25.0 Å². The van der Waals surface area contributed by atoms with Crippen LogP contribution in [0.15, 0.2) is 29.2 Å². The zero-order chi connectivity index (χ0) is 12.8. The minimum atomic E-state index is 0.562. The molecule has 0 aromatic heterocycles. The highest BCUT2D eigenvalue weighted by Crippen LogP contribution is 2.29. The third kappa shape index (κ3) is 4.49. The SMILES string of the molecule is CC(CNC1CCCCC1)Sc1ccccc1Cl. The van der Waals surface area contributed by atoms with Gasteiger partial charge in [-0.25, -0.2) is 0 Å². The van der Waals surface area contributed by atoms with Crippen LogP contribution in [0.25, 0.3) is 0 Å². The van der Waals surface area contributed by atoms with E-state index >= 15 is 0 Å². The van der Waals surface area contributed by atoms with Gasteiger partial charge in [0.1, 0.15) is 0 Å². The van der Waals surface area contributed by atoms with Gasteiger partial charge in [-0.2, -0.15) is 0 Å². The van der Waals surface area contributed by atoms with Crippen molar-refractivity contribution in [3.8, 4) is 0 Å². The van der Waals surface area contributed by atoms with E-state index in [1.807, 2.05) is 23.9 Å². The van der Waals surface area contributed by atoms with Crippen LogP contribution >= 0.6 is 23.4 Å². The van der Waals surface area contributed by atoms with E-state index in [0.29, 0.717) is 5.25 Å². The Bertz CT molecular complexity index is 363. The molecule has 1 aliphatic rings. The molecule has 1 unspecified atom stereocenters. The first-order chi connectivity index (χ1) is 8.75. The summed E-state index contributed by atoms with van der Waals surface area (Å²) < 4.78 is 0. The fourth-order valence-electron chi connectivity index (χ4n) is 2.44. The van der Waals surface area contributed by atoms with Crippen molar-refractivity contribution in [2.75, 3.05) is 6.54 Å². The Morgan fingerprint density at radius 3 is 2.72 bits per heavy atom. The largest absolute Gasteiger partial charge is 0.313 e. The van der Waals surface area contributed by atoms with Gasteiger partial charge in [0.15, 0.2) is 0 Å². The second kappa shape index (κ2) is 7.42. The highest BCUT2D eigenvalue weighted by molar-refractivity contribution is 8.00. The van der Waals surface area contributed by atoms with Crippen LogP contribution in [0.2, 0.25) is 5.02 Å². The number of halogens is 1. The molecule has 1 aromatic rings. The van der Waals surface area contributed by atoms with Crippen molar-refractivity contribution < 1.29 is 0 Å². The lowest BCUT2D eigenvalue weighted by Gasteiger charge is -2.24. The molecule has 1 atom stereocenters. The van der Waals surface area contributed by atoms with Crippen molar-refractivity contribution in [2.24, 2.45) is 0 Å². The molecule has 0 radical (unpaired) electrons. The monoisotopic (exact) mass is 283 g/mol. The smallest absolute Gasteiger partial charge is 0.0541 e. The Morgan fingerprint density at radius 1 is 1.28 bits per heavy atom. The zero-order valence-corrected chi connectivity index (χ0v) is 12.6. The van der Waals surface area contributed by atoms with E-state index < -0.39 is 0 Å². The number of hydrogen-bond acceptors (Lipinski definition) is 2. The van der Waals surface area contributed by atoms with E-state index in [1.165, 1.54) is 37.0 Å². The molecule has 1 saturated carbocycles. The first-order valence-corrected chi connectivity index (χ1v) is 8.16. The first-order valence-electron chi connectivity index (χ1n) is 6.90. The molecule has 0 aliphatic heterocycles. The van der Waals surface area contributed by atoms with Gasteiger partial charge < -0.3 is 5.32 Å². The number of thioether (sulfide) groups is 1. The fourth-order valence-corrected chi connectivity index (χ4v) is 3.66. The van der Waals surface area contributed by atoms with E-state index in [9.17, 15) is 0 Å². The second-order valence-corrected chi connectivity index (χ2v) is 6.99. The minimum Gasteiger partial charge on any atom is -0.313 e. The molecule has 1 nitrogen and oxygen atoms in total. The molecule has 100 valence electrons. The molecule has 0 spiro atoms. The number of nitrogens with one attached hydrogen (secondary N) is 1. The highest BCUT2D eigenvalue weighted by Gasteiger charge is 2.14. The molecule has 2 rings (SSSR count). The average molecular weight is 284 g/mol. The third-order valence-electron chi connectivity index (χ3n) is 3.46. The summed E-state index contributed by atoms with van der Waals surface area (Å²) in [6.07, 6.45) is 6.91. The molecular weight excluding hydrogens is 262 g/mol. The quantitative estimate of drug-likeness (QED) is 0.783. The Labute approximate surface area is 120 Å². The van der Waals surface area contributed by atoms with Crippen molar-refractivity contribution >= 4 is 23.4 Å². The lowest BCUT2D eigenvalue weighted by molar-refractivity contribution is 0.375. The summed E-state index contributed by atoms with van der Waals surface area (Å²) >= 11 is 8.04. The van der Waals surface area contributed by atoms with Crippen molar-refractivity contribution in [3.63, 3.8) is 0 Å². The molecular formula is C15H22ClNS. The standard InChI is InChI=1S/C15H22ClNS/c1-12(11-17-13-7-3-2-4-8-13)18-15-10-6-5-9-14(15)16/h5-6,9-10,12-13,17H,2-4,7-8,11H2,1H3. The van der Waals surface area contributed by atoms with Crippen LogP contribution in [-0.4, -0.2) is 17.8 Å². The Hall–Kier alpha value is -0.180. The topological polar surface area (TPSA) is 12.0 Å². The van der Waals surface area contributed by atoms with Crippen LogP contribution in [0.3, 0.4) is 0 Å². The molecule has 1 aromatic carbocycles. The van der Waals surface area contributed by atoms with Crippen LogP contribution in [0.5, 0.6) is 0 Å². The molecule has 3 heteroatoms. The molecule has 1 N–H and O–H groups in total. The van der Waals surface area contributed by atoms with Gasteiger partial charge in [0, 0.05) is 22.7 Å². The second-order valence-electron chi connectivity index (χ2n) is 5.10. The van der Waals surface area contributed by atoms with Crippen LogP contribution in [-0.2, 0) is 0 Å². The van der Waals surface area contributed by atoms with Crippen LogP contribution in [0.4, 0.5) is 0 Å². The molecule has 0 heterocycles. The normalized spacial score (nSPS) is 18.8. The maximum Gasteiger partial charge on any atom is 0.0541 e. The lowest BCUT2D eigenvalue weighted by Crippen LogP contribution is -2.35. The van der Waals surface area contributed by atoms with Crippen LogP contribution in [0, 0.1) is 0 Å². The van der Waals surface area contributed by atoms with Crippen LogP contribution < -0.4 is 5.32 Å². The van der Waals surface area contributed by atoms with Crippen LogP contribution in [0.1, 0.15) is 39.0 Å². The molecule has 0 saturated heterocycles. The summed E-state index contributed by atoms with van der Waals surface area (Å²) in [5.74, 6) is 0. The summed E-state index contributed by atoms with van der Waals surface area (Å²) in [7, 11) is 0. The van der Waals surface area contributed by atoms with E-state index in [2.05, 4.69) is 24.4 Å². The van der Waals surface area contributed by atoms with E-state index in [4.69, 9.17) is 11.6 Å². The minimum absolute atomic E-state index is 0.562. The van der Waals surface area contributed by atoms with E-state index in [0.717, 1.165) is 17.6 Å². The van der Waals surface area contributed by atoms with Gasteiger partial charge in [0.05, 0.1) is 5.02 Å². The molecule has 1 fully saturated rings. The maximum atomic E-state index is 6.18. The average Bonchev–Trinajstić information content (AvgIpc) is 2.40. The van der Waals surface area contributed by atoms with E-state index in [1.54, 1.807) is 0 Å². The fraction of sp³-hybridized carbons (Fsp3) is 0.600. The number of rotatable bonds is 5. The zero-order valence-electron chi connectivity index (χ0n) is 11.0. The number of benzene rings is 1. The Kier molecular flexibility index (Phi) is 5.87. The van der Waals surface area contributed by atoms with Gasteiger partial charge in [-0.3, -0.25) is 0 Å². The predicted molar refractivity (Wildman–Crippen MR) is 81.6 cm³/mol. The summed E-state index contributed by atoms with van der Waals surface area (Å²) in [4.78, 5) is 1.19. The summed E-state index contributed by atoms with van der Waals surface area (Å²) in [6, 6.07) is 8.84. The van der Waals surface area contributed by atoms with Gasteiger partial charge in [0.25, 0.3) is 0 Å². The third-order valence-corrected chi connectivity index (χ3v) is 5.08. The molecule has 1 aliphatic carbocycles. The summed E-state index contributed by atoms with van der Waals surface area (Å²) in [5, 5.41) is 5.13. The molecule has 0 amide bonds. The van der Waals surface area contributed by atoms with Crippen molar-refractivity contribution in [1.29, 1.82) is 0 Å². The van der Waals surface area contributed by atoms with Gasteiger partial charge in [0.2, 0.25) is 0 Å². The summed E-state index contributed by atoms with van der Waals surface area (Å²) in [5.41, 5.74) is 0. The van der Waals surface area contributed by atoms with Crippen molar-refractivity contribution in [2.45, 2.75) is 55.2 Å². The summed E-state index contributed by atoms with van der Waals surface area (Å²) in [6.45, 7) is 3.34. The van der Waals surface area contributed by atoms with Crippen molar-refractivity contribution in [3.05, 3.63) is 29.3 Å². The highest BCUT2D eigenvalue weighted by atomic mass is 35.5. The molecule has 0 bridgehead atoms. The van der Waals surface area contributed by atoms with Gasteiger partial charge in [-0.1, -0.05) is 49.9 Å². The lowest BCUT2D eigenvalue weighted by atomic mass is 9.95. The Balaban J connectivity index is 1.74.